The van der Waals surface area contributed by atoms with Gasteiger partial charge in [0, 0.05) is 38.4 Å². The van der Waals surface area contributed by atoms with Gasteiger partial charge in [-0.2, -0.15) is 0 Å². The number of amides is 1. The molecule has 1 aromatic heterocycles. The van der Waals surface area contributed by atoms with Gasteiger partial charge in [-0.15, -0.1) is 0 Å². The standard InChI is InChI=1S/C21H28N4O/c1-22-20-17-19(10-11-23-20)21(26)25-14-6-13-24(15-16-25)12-5-9-18-7-3-2-4-8-18/h2-4,7-8,10-11,17H,5-6,9,12-16H2,1H3,(H,22,23). The lowest BCUT2D eigenvalue weighted by Gasteiger charge is -2.22. The summed E-state index contributed by atoms with van der Waals surface area (Å²) in [5, 5.41) is 2.99. The van der Waals surface area contributed by atoms with Gasteiger partial charge in [0.1, 0.15) is 5.82 Å². The fourth-order valence-electron chi connectivity index (χ4n) is 3.43. The average Bonchev–Trinajstić information content (AvgIpc) is 2.94. The Hall–Kier alpha value is -2.40. The minimum absolute atomic E-state index is 0.107. The Morgan fingerprint density at radius 2 is 1.96 bits per heavy atom. The number of carbonyl (C=O) groups is 1. The third kappa shape index (κ3) is 5.05. The highest BCUT2D eigenvalue weighted by Crippen LogP contribution is 2.12. The first-order valence-corrected chi connectivity index (χ1v) is 9.45. The van der Waals surface area contributed by atoms with Crippen LogP contribution in [0.1, 0.15) is 28.8 Å². The van der Waals surface area contributed by atoms with Crippen LogP contribution in [0.4, 0.5) is 5.82 Å². The summed E-state index contributed by atoms with van der Waals surface area (Å²) in [6.07, 6.45) is 4.99. The topological polar surface area (TPSA) is 48.5 Å². The van der Waals surface area contributed by atoms with E-state index in [-0.39, 0.29) is 5.91 Å². The van der Waals surface area contributed by atoms with E-state index >= 15 is 0 Å². The number of nitrogens with zero attached hydrogens (tertiary/aromatic N) is 3. The predicted octanol–water partition coefficient (Wildman–Crippen LogP) is 2.90. The van der Waals surface area contributed by atoms with Gasteiger partial charge in [0.05, 0.1) is 0 Å². The second kappa shape index (κ2) is 9.34. The number of aryl methyl sites for hydroxylation is 1. The third-order valence-corrected chi connectivity index (χ3v) is 4.92. The molecule has 2 heterocycles. The van der Waals surface area contributed by atoms with E-state index < -0.39 is 0 Å². The second-order valence-electron chi connectivity index (χ2n) is 6.76. The molecule has 1 N–H and O–H groups in total. The molecule has 3 rings (SSSR count). The molecule has 5 heteroatoms. The molecule has 0 aliphatic carbocycles. The van der Waals surface area contributed by atoms with Crippen molar-refractivity contribution in [3.63, 3.8) is 0 Å². The Kier molecular flexibility index (Phi) is 6.61. The number of hydrogen-bond donors (Lipinski definition) is 1. The normalized spacial score (nSPS) is 15.5. The van der Waals surface area contributed by atoms with Crippen molar-refractivity contribution < 1.29 is 4.79 Å². The highest BCUT2D eigenvalue weighted by molar-refractivity contribution is 5.94. The highest BCUT2D eigenvalue weighted by atomic mass is 16.2. The summed E-state index contributed by atoms with van der Waals surface area (Å²) in [4.78, 5) is 21.4. The number of aromatic nitrogens is 1. The van der Waals surface area contributed by atoms with Crippen LogP contribution in [0.5, 0.6) is 0 Å². The van der Waals surface area contributed by atoms with Gasteiger partial charge in [-0.25, -0.2) is 4.98 Å². The molecule has 1 amide bonds. The number of pyridine rings is 1. The fraction of sp³-hybridized carbons (Fsp3) is 0.429. The first-order valence-electron chi connectivity index (χ1n) is 9.45. The van der Waals surface area contributed by atoms with Crippen LogP contribution in [0.15, 0.2) is 48.7 Å². The Morgan fingerprint density at radius 3 is 2.77 bits per heavy atom. The van der Waals surface area contributed by atoms with E-state index in [0.29, 0.717) is 5.56 Å². The molecule has 0 atom stereocenters. The molecule has 26 heavy (non-hydrogen) atoms. The molecule has 0 spiro atoms. The maximum atomic E-state index is 12.8. The number of carbonyl (C=O) groups excluding carboxylic acids is 1. The second-order valence-corrected chi connectivity index (χ2v) is 6.76. The number of rotatable bonds is 6. The number of nitrogens with one attached hydrogen (secondary N) is 1. The number of hydrogen-bond acceptors (Lipinski definition) is 4. The molecule has 2 aromatic rings. The molecule has 0 saturated carbocycles. The van der Waals surface area contributed by atoms with Crippen molar-refractivity contribution in [2.24, 2.45) is 0 Å². The van der Waals surface area contributed by atoms with Gasteiger partial charge in [-0.05, 0) is 50.0 Å². The van der Waals surface area contributed by atoms with E-state index in [9.17, 15) is 4.79 Å². The van der Waals surface area contributed by atoms with Crippen LogP contribution in [0, 0.1) is 0 Å². The van der Waals surface area contributed by atoms with E-state index in [1.807, 2.05) is 18.0 Å². The van der Waals surface area contributed by atoms with Crippen LogP contribution in [0.25, 0.3) is 0 Å². The van der Waals surface area contributed by atoms with Crippen molar-refractivity contribution in [1.82, 2.24) is 14.8 Å². The summed E-state index contributed by atoms with van der Waals surface area (Å²) in [6, 6.07) is 14.3. The molecule has 1 aromatic carbocycles. The molecule has 5 nitrogen and oxygen atoms in total. The Balaban J connectivity index is 1.49. The Labute approximate surface area is 156 Å². The van der Waals surface area contributed by atoms with Gasteiger partial charge in [0.25, 0.3) is 5.91 Å². The molecule has 0 radical (unpaired) electrons. The molecule has 1 aliphatic heterocycles. The van der Waals surface area contributed by atoms with Crippen molar-refractivity contribution >= 4 is 11.7 Å². The molecule has 1 saturated heterocycles. The monoisotopic (exact) mass is 352 g/mol. The van der Waals surface area contributed by atoms with E-state index in [1.165, 1.54) is 5.56 Å². The lowest BCUT2D eigenvalue weighted by molar-refractivity contribution is 0.0761. The maximum Gasteiger partial charge on any atom is 0.254 e. The van der Waals surface area contributed by atoms with Gasteiger partial charge in [-0.1, -0.05) is 30.3 Å². The minimum Gasteiger partial charge on any atom is -0.373 e. The summed E-state index contributed by atoms with van der Waals surface area (Å²) in [5.74, 6) is 0.836. The predicted molar refractivity (Wildman–Crippen MR) is 106 cm³/mol. The Morgan fingerprint density at radius 1 is 1.12 bits per heavy atom. The van der Waals surface area contributed by atoms with E-state index in [4.69, 9.17) is 0 Å². The zero-order valence-electron chi connectivity index (χ0n) is 15.5. The SMILES string of the molecule is CNc1cc(C(=O)N2CCCN(CCCc3ccccc3)CC2)ccn1. The van der Waals surface area contributed by atoms with Gasteiger partial charge in [0.2, 0.25) is 0 Å². The maximum absolute atomic E-state index is 12.8. The Bertz CT molecular complexity index is 704. The third-order valence-electron chi connectivity index (χ3n) is 4.92. The van der Waals surface area contributed by atoms with Crippen molar-refractivity contribution in [3.8, 4) is 0 Å². The van der Waals surface area contributed by atoms with Crippen molar-refractivity contribution in [3.05, 3.63) is 59.8 Å². The molecule has 0 bridgehead atoms. The van der Waals surface area contributed by atoms with Crippen molar-refractivity contribution in [2.45, 2.75) is 19.3 Å². The largest absolute Gasteiger partial charge is 0.373 e. The summed E-state index contributed by atoms with van der Waals surface area (Å²) >= 11 is 0. The fourth-order valence-corrected chi connectivity index (χ4v) is 3.43. The molecule has 1 aliphatic rings. The van der Waals surface area contributed by atoms with Crippen LogP contribution in [-0.2, 0) is 6.42 Å². The molecule has 1 fully saturated rings. The number of anilines is 1. The molecule has 0 unspecified atom stereocenters. The average molecular weight is 352 g/mol. The van der Waals surface area contributed by atoms with Gasteiger partial charge in [0.15, 0.2) is 0 Å². The smallest absolute Gasteiger partial charge is 0.254 e. The van der Waals surface area contributed by atoms with E-state index in [0.717, 1.165) is 57.8 Å². The van der Waals surface area contributed by atoms with Crippen LogP contribution >= 0.6 is 0 Å². The van der Waals surface area contributed by atoms with Gasteiger partial charge < -0.3 is 15.1 Å². The zero-order chi connectivity index (χ0) is 18.2. The van der Waals surface area contributed by atoms with Crippen LogP contribution in [0.3, 0.4) is 0 Å². The zero-order valence-corrected chi connectivity index (χ0v) is 15.5. The summed E-state index contributed by atoms with van der Waals surface area (Å²) in [7, 11) is 1.82. The summed E-state index contributed by atoms with van der Waals surface area (Å²) in [5.41, 5.74) is 2.11. The van der Waals surface area contributed by atoms with Crippen LogP contribution in [0.2, 0.25) is 0 Å². The van der Waals surface area contributed by atoms with E-state index in [1.54, 1.807) is 12.3 Å². The molecule has 138 valence electrons. The summed E-state index contributed by atoms with van der Waals surface area (Å²) in [6.45, 7) is 4.73. The van der Waals surface area contributed by atoms with Gasteiger partial charge >= 0.3 is 0 Å². The van der Waals surface area contributed by atoms with Crippen molar-refractivity contribution in [1.29, 1.82) is 0 Å². The molecular weight excluding hydrogens is 324 g/mol. The van der Waals surface area contributed by atoms with Crippen LogP contribution in [-0.4, -0.2) is 60.5 Å². The summed E-state index contributed by atoms with van der Waals surface area (Å²) < 4.78 is 0. The molecular formula is C21H28N4O. The highest BCUT2D eigenvalue weighted by Gasteiger charge is 2.20. The lowest BCUT2D eigenvalue weighted by Crippen LogP contribution is -2.35. The first kappa shape index (κ1) is 18.4. The number of benzene rings is 1. The van der Waals surface area contributed by atoms with Crippen LogP contribution < -0.4 is 5.32 Å². The quantitative estimate of drug-likeness (QED) is 0.868. The lowest BCUT2D eigenvalue weighted by atomic mass is 10.1. The minimum atomic E-state index is 0.107. The van der Waals surface area contributed by atoms with E-state index in [2.05, 4.69) is 45.5 Å². The van der Waals surface area contributed by atoms with Gasteiger partial charge in [-0.3, -0.25) is 4.79 Å². The van der Waals surface area contributed by atoms with Crippen molar-refractivity contribution in [2.75, 3.05) is 45.1 Å². The first-order chi connectivity index (χ1) is 12.8.